The fraction of sp³-hybridized carbons (Fsp3) is 0. The van der Waals surface area contributed by atoms with E-state index in [2.05, 4.69) is 328 Å². The summed E-state index contributed by atoms with van der Waals surface area (Å²) in [6, 6.07) is 141. The van der Waals surface area contributed by atoms with Crippen molar-refractivity contribution in [1.82, 2.24) is 29.9 Å². The molecule has 0 aliphatic carbocycles. The molecule has 0 spiro atoms. The maximum atomic E-state index is 5.13. The van der Waals surface area contributed by atoms with Gasteiger partial charge in [0.25, 0.3) is 0 Å². The lowest BCUT2D eigenvalue weighted by atomic mass is 9.92. The number of hydrogen-bond donors (Lipinski definition) is 0. The first-order chi connectivity index (χ1) is 53.5. The Hall–Kier alpha value is -14.5. The molecule has 504 valence electrons. The molecule has 0 radical (unpaired) electrons. The smallest absolute Gasteiger partial charge is 0.164 e. The molecule has 6 heteroatoms. The summed E-state index contributed by atoms with van der Waals surface area (Å²) in [5.41, 5.74) is 19.5. The molecule has 108 heavy (non-hydrogen) atoms. The predicted molar refractivity (Wildman–Crippen MR) is 450 cm³/mol. The second-order valence-corrected chi connectivity index (χ2v) is 27.3. The standard InChI is InChI=1S/2C51H33N3/c1-3-13-34(14-4-1)35-25-27-36(28-26-35)38-17-11-19-41(31-38)50-52-49(37-15-5-2-6-16-37)53-51(54-50)42-20-12-18-39(32-42)40-29-30-47-45-23-8-7-21-43(45)44-22-9-10-24-46(44)48(47)33-40;1-3-12-34(13-4-1)35-22-24-36(25-23-35)37-26-28-39(29-27-37)50-52-49(38-14-5-2-6-15-38)53-51(54-50)42-17-11-16-40(32-42)41-30-31-47-45-20-8-7-18-43(45)44-19-9-10-21-46(44)48(47)33-41/h2*1-33H. The molecule has 0 fully saturated rings. The molecular weight excluding hydrogens is 1310 g/mol. The van der Waals surface area contributed by atoms with Crippen LogP contribution in [0.2, 0.25) is 0 Å². The van der Waals surface area contributed by atoms with Gasteiger partial charge in [-0.25, -0.2) is 29.9 Å². The number of benzene rings is 18. The molecule has 2 heterocycles. The Labute approximate surface area is 626 Å². The van der Waals surface area contributed by atoms with Crippen LogP contribution in [0, 0.1) is 0 Å². The second-order valence-electron chi connectivity index (χ2n) is 27.3. The van der Waals surface area contributed by atoms with Gasteiger partial charge in [-0.3, -0.25) is 0 Å². The van der Waals surface area contributed by atoms with Crippen LogP contribution >= 0.6 is 0 Å². The maximum absolute atomic E-state index is 5.13. The van der Waals surface area contributed by atoms with Gasteiger partial charge in [0.05, 0.1) is 0 Å². The highest BCUT2D eigenvalue weighted by atomic mass is 15.0. The molecule has 6 nitrogen and oxygen atoms in total. The van der Waals surface area contributed by atoms with Crippen molar-refractivity contribution >= 4 is 64.6 Å². The monoisotopic (exact) mass is 1370 g/mol. The number of fused-ring (bicyclic) bond motifs is 12. The first-order valence-electron chi connectivity index (χ1n) is 36.5. The Morgan fingerprint density at radius 1 is 0.0926 bits per heavy atom. The van der Waals surface area contributed by atoms with Crippen LogP contribution in [0.25, 0.3) is 200 Å². The highest BCUT2D eigenvalue weighted by molar-refractivity contribution is 6.27. The summed E-state index contributed by atoms with van der Waals surface area (Å²) in [6.45, 7) is 0. The van der Waals surface area contributed by atoms with Crippen LogP contribution < -0.4 is 0 Å². The topological polar surface area (TPSA) is 77.3 Å². The van der Waals surface area contributed by atoms with Gasteiger partial charge in [-0.15, -0.1) is 0 Å². The fourth-order valence-electron chi connectivity index (χ4n) is 15.2. The first-order valence-corrected chi connectivity index (χ1v) is 36.5. The highest BCUT2D eigenvalue weighted by Gasteiger charge is 2.19. The summed E-state index contributed by atoms with van der Waals surface area (Å²) < 4.78 is 0. The van der Waals surface area contributed by atoms with E-state index in [9.17, 15) is 0 Å². The molecule has 0 atom stereocenters. The highest BCUT2D eigenvalue weighted by Crippen LogP contribution is 2.41. The molecule has 20 aromatic rings. The summed E-state index contributed by atoms with van der Waals surface area (Å²) in [6.07, 6.45) is 0. The van der Waals surface area contributed by atoms with Crippen molar-refractivity contribution in [3.8, 4) is 135 Å². The minimum absolute atomic E-state index is 0.635. The third-order valence-electron chi connectivity index (χ3n) is 20.6. The van der Waals surface area contributed by atoms with E-state index in [1.807, 2.05) is 72.8 Å². The Balaban J connectivity index is 0.000000147. The quantitative estimate of drug-likeness (QED) is 0.113. The van der Waals surface area contributed by atoms with E-state index < -0.39 is 0 Å². The van der Waals surface area contributed by atoms with E-state index in [0.29, 0.717) is 34.9 Å². The molecule has 0 N–H and O–H groups in total. The van der Waals surface area contributed by atoms with Crippen molar-refractivity contribution in [2.24, 2.45) is 0 Å². The van der Waals surface area contributed by atoms with Crippen LogP contribution in [0.1, 0.15) is 0 Å². The molecule has 20 rings (SSSR count). The fourth-order valence-corrected chi connectivity index (χ4v) is 15.2. The summed E-state index contributed by atoms with van der Waals surface area (Å²) in [5.74, 6) is 3.83. The van der Waals surface area contributed by atoms with Crippen LogP contribution in [0.3, 0.4) is 0 Å². The largest absolute Gasteiger partial charge is 0.208 e. The zero-order valence-corrected chi connectivity index (χ0v) is 58.8. The van der Waals surface area contributed by atoms with Crippen molar-refractivity contribution in [2.45, 2.75) is 0 Å². The molecule has 0 bridgehead atoms. The van der Waals surface area contributed by atoms with Crippen molar-refractivity contribution in [2.75, 3.05) is 0 Å². The zero-order chi connectivity index (χ0) is 71.7. The van der Waals surface area contributed by atoms with Gasteiger partial charge in [-0.2, -0.15) is 0 Å². The van der Waals surface area contributed by atoms with E-state index >= 15 is 0 Å². The van der Waals surface area contributed by atoms with Gasteiger partial charge in [-0.05, 0) is 162 Å². The Kier molecular flexibility index (Phi) is 16.9. The zero-order valence-electron chi connectivity index (χ0n) is 58.8. The van der Waals surface area contributed by atoms with Crippen molar-refractivity contribution < 1.29 is 0 Å². The lowest BCUT2D eigenvalue weighted by Crippen LogP contribution is -2.00. The Morgan fingerprint density at radius 3 is 0.537 bits per heavy atom. The molecule has 0 amide bonds. The van der Waals surface area contributed by atoms with E-state index in [0.717, 1.165) is 77.9 Å². The van der Waals surface area contributed by atoms with Crippen LogP contribution in [-0.2, 0) is 0 Å². The van der Waals surface area contributed by atoms with Gasteiger partial charge < -0.3 is 0 Å². The van der Waals surface area contributed by atoms with E-state index in [1.54, 1.807) is 0 Å². The normalized spacial score (nSPS) is 11.3. The van der Waals surface area contributed by atoms with Gasteiger partial charge >= 0.3 is 0 Å². The third-order valence-corrected chi connectivity index (χ3v) is 20.6. The van der Waals surface area contributed by atoms with Crippen molar-refractivity contribution in [3.05, 3.63) is 400 Å². The Bertz CT molecular complexity index is 6680. The van der Waals surface area contributed by atoms with Crippen LogP contribution in [0.4, 0.5) is 0 Å². The maximum Gasteiger partial charge on any atom is 0.164 e. The average molecular weight is 1380 g/mol. The van der Waals surface area contributed by atoms with Gasteiger partial charge in [0.2, 0.25) is 0 Å². The van der Waals surface area contributed by atoms with Crippen molar-refractivity contribution in [1.29, 1.82) is 0 Å². The minimum Gasteiger partial charge on any atom is -0.208 e. The van der Waals surface area contributed by atoms with E-state index in [1.165, 1.54) is 86.9 Å². The summed E-state index contributed by atoms with van der Waals surface area (Å²) in [4.78, 5) is 30.3. The number of aromatic nitrogens is 6. The molecule has 0 aliphatic rings. The second kappa shape index (κ2) is 28.3. The van der Waals surface area contributed by atoms with Crippen LogP contribution in [0.5, 0.6) is 0 Å². The van der Waals surface area contributed by atoms with Crippen LogP contribution in [-0.4, -0.2) is 29.9 Å². The van der Waals surface area contributed by atoms with Crippen molar-refractivity contribution in [3.63, 3.8) is 0 Å². The first kappa shape index (κ1) is 64.4. The summed E-state index contributed by atoms with van der Waals surface area (Å²) in [7, 11) is 0. The number of nitrogens with zero attached hydrogens (tertiary/aromatic N) is 6. The van der Waals surface area contributed by atoms with Gasteiger partial charge in [0, 0.05) is 33.4 Å². The molecule has 2 aromatic heterocycles. The molecular formula is C102H66N6. The number of rotatable bonds is 12. The lowest BCUT2D eigenvalue weighted by Gasteiger charge is -2.13. The van der Waals surface area contributed by atoms with Gasteiger partial charge in [-0.1, -0.05) is 370 Å². The molecule has 0 aliphatic heterocycles. The van der Waals surface area contributed by atoms with Gasteiger partial charge in [0.15, 0.2) is 34.9 Å². The molecule has 0 unspecified atom stereocenters. The molecule has 18 aromatic carbocycles. The number of hydrogen-bond acceptors (Lipinski definition) is 6. The van der Waals surface area contributed by atoms with E-state index in [-0.39, 0.29) is 0 Å². The van der Waals surface area contributed by atoms with Gasteiger partial charge in [0.1, 0.15) is 0 Å². The third kappa shape index (κ3) is 12.7. The van der Waals surface area contributed by atoms with Crippen LogP contribution in [0.15, 0.2) is 400 Å². The molecule has 0 saturated heterocycles. The summed E-state index contributed by atoms with van der Waals surface area (Å²) >= 11 is 0. The SMILES string of the molecule is c1ccc(-c2ccc(-c3ccc(-c4nc(-c5ccccc5)nc(-c5cccc(-c6ccc7c8ccccc8c8ccccc8c7c6)c5)n4)cc3)cc2)cc1.c1ccc(-c2ccc(-c3cccc(-c4nc(-c5ccccc5)nc(-c5cccc(-c6ccc7c8ccccc8c8ccccc8c7c6)c5)n4)c3)cc2)cc1. The predicted octanol–water partition coefficient (Wildman–Crippen LogP) is 26.7. The van der Waals surface area contributed by atoms with E-state index in [4.69, 9.17) is 29.9 Å². The summed E-state index contributed by atoms with van der Waals surface area (Å²) in [5, 5.41) is 15.2. The average Bonchev–Trinajstić information content (AvgIpc) is 0.747. The minimum atomic E-state index is 0.635. The molecule has 0 saturated carbocycles. The lowest BCUT2D eigenvalue weighted by molar-refractivity contribution is 1.07. The Morgan fingerprint density at radius 2 is 0.250 bits per heavy atom.